The van der Waals surface area contributed by atoms with Crippen molar-refractivity contribution in [1.29, 1.82) is 0 Å². The van der Waals surface area contributed by atoms with Gasteiger partial charge in [0, 0.05) is 42.4 Å². The Morgan fingerprint density at radius 3 is 2.31 bits per heavy atom. The van der Waals surface area contributed by atoms with Crippen molar-refractivity contribution in [2.75, 3.05) is 19.6 Å². The number of alkyl halides is 2. The standard InChI is InChI=1S/C45H42F3N3O4/c1-27-34(30-16-17-32(38(46)21-30)25-50-20-18-31(24-50)29-9-4-3-5-10-29)11-6-12-35(27)36-13-7-14-37(28(36)2)43-49-39-22-33(26-51-19-8-15-40(51)44(52)53)41(55-45(47)48)23-42(39)54-43/h3-7,9-14,16-17,21-23,31,40,45H,8,15,18-20,24-26H2,1-2H3,(H,52,53)/t31-,40+/m1/s1. The lowest BCUT2D eigenvalue weighted by atomic mass is 9.89. The molecule has 2 aliphatic heterocycles. The highest BCUT2D eigenvalue weighted by molar-refractivity contribution is 5.85. The highest BCUT2D eigenvalue weighted by Gasteiger charge is 2.32. The lowest BCUT2D eigenvalue weighted by molar-refractivity contribution is -0.142. The number of aromatic nitrogens is 1. The number of aliphatic carboxylic acids is 1. The topological polar surface area (TPSA) is 79.0 Å². The highest BCUT2D eigenvalue weighted by Crippen LogP contribution is 2.39. The number of hydrogen-bond acceptors (Lipinski definition) is 6. The summed E-state index contributed by atoms with van der Waals surface area (Å²) in [7, 11) is 0. The maximum Gasteiger partial charge on any atom is 0.387 e. The number of fused-ring (bicyclic) bond motifs is 1. The van der Waals surface area contributed by atoms with E-state index >= 15 is 4.39 Å². The van der Waals surface area contributed by atoms with Crippen molar-refractivity contribution in [3.8, 4) is 39.5 Å². The zero-order chi connectivity index (χ0) is 38.2. The molecule has 2 fully saturated rings. The average molecular weight is 746 g/mol. The monoisotopic (exact) mass is 745 g/mol. The molecule has 0 amide bonds. The zero-order valence-corrected chi connectivity index (χ0v) is 30.8. The van der Waals surface area contributed by atoms with Crippen LogP contribution in [0.1, 0.15) is 53.0 Å². The van der Waals surface area contributed by atoms with Crippen molar-refractivity contribution in [2.24, 2.45) is 0 Å². The largest absolute Gasteiger partial charge is 0.480 e. The maximum absolute atomic E-state index is 15.7. The molecule has 8 rings (SSSR count). The van der Waals surface area contributed by atoms with Crippen LogP contribution in [0, 0.1) is 19.7 Å². The summed E-state index contributed by atoms with van der Waals surface area (Å²) in [5, 5.41) is 9.66. The van der Waals surface area contributed by atoms with Crippen LogP contribution in [0.4, 0.5) is 13.2 Å². The molecular weight excluding hydrogens is 704 g/mol. The molecule has 6 aromatic rings. The van der Waals surface area contributed by atoms with Gasteiger partial charge in [0.25, 0.3) is 0 Å². The van der Waals surface area contributed by atoms with Gasteiger partial charge in [-0.3, -0.25) is 14.6 Å². The number of hydrogen-bond donors (Lipinski definition) is 1. The molecule has 55 heavy (non-hydrogen) atoms. The summed E-state index contributed by atoms with van der Waals surface area (Å²) in [6, 6.07) is 30.3. The van der Waals surface area contributed by atoms with Gasteiger partial charge in [0.1, 0.15) is 23.1 Å². The number of nitrogens with zero attached hydrogens (tertiary/aromatic N) is 3. The summed E-state index contributed by atoms with van der Waals surface area (Å²) >= 11 is 0. The SMILES string of the molecule is Cc1c(-c2ccc(CN3CC[C@@H](c4ccccc4)C3)c(F)c2)cccc1-c1cccc(-c2nc3cc(CN4CCC[C@H]4C(=O)O)c(OC(F)F)cc3o2)c1C. The maximum atomic E-state index is 15.7. The molecule has 0 spiro atoms. The van der Waals surface area contributed by atoms with Gasteiger partial charge in [-0.25, -0.2) is 9.37 Å². The van der Waals surface area contributed by atoms with Crippen molar-refractivity contribution in [3.63, 3.8) is 0 Å². The first-order valence-electron chi connectivity index (χ1n) is 18.7. The van der Waals surface area contributed by atoms with Crippen LogP contribution in [0.2, 0.25) is 0 Å². The van der Waals surface area contributed by atoms with E-state index in [1.54, 1.807) is 17.0 Å². The van der Waals surface area contributed by atoms with Crippen molar-refractivity contribution >= 4 is 17.1 Å². The molecule has 282 valence electrons. The van der Waals surface area contributed by atoms with E-state index in [-0.39, 0.29) is 23.7 Å². The minimum absolute atomic E-state index is 0.0728. The summed E-state index contributed by atoms with van der Waals surface area (Å²) in [6.45, 7) is 4.04. The smallest absolute Gasteiger partial charge is 0.387 e. The highest BCUT2D eigenvalue weighted by atomic mass is 19.3. The molecule has 2 atom stereocenters. The molecule has 2 aliphatic rings. The fraction of sp³-hybridized carbons (Fsp3) is 0.289. The van der Waals surface area contributed by atoms with Gasteiger partial charge in [-0.1, -0.05) is 72.8 Å². The Bertz CT molecular complexity index is 2360. The predicted molar refractivity (Wildman–Crippen MR) is 207 cm³/mol. The molecule has 10 heteroatoms. The molecule has 0 radical (unpaired) electrons. The van der Waals surface area contributed by atoms with Gasteiger partial charge < -0.3 is 14.3 Å². The Morgan fingerprint density at radius 1 is 0.855 bits per heavy atom. The minimum Gasteiger partial charge on any atom is -0.480 e. The Balaban J connectivity index is 1.05. The molecule has 0 saturated carbocycles. The molecule has 3 heterocycles. The molecule has 1 N–H and O–H groups in total. The number of ether oxygens (including phenoxy) is 1. The first-order valence-corrected chi connectivity index (χ1v) is 18.7. The van der Waals surface area contributed by atoms with E-state index in [1.165, 1.54) is 11.6 Å². The van der Waals surface area contributed by atoms with Gasteiger partial charge in [-0.2, -0.15) is 8.78 Å². The van der Waals surface area contributed by atoms with Crippen molar-refractivity contribution in [1.82, 2.24) is 14.8 Å². The quantitative estimate of drug-likeness (QED) is 0.141. The average Bonchev–Trinajstić information content (AvgIpc) is 3.94. The molecule has 0 bridgehead atoms. The third-order valence-electron chi connectivity index (χ3n) is 11.3. The Kier molecular flexibility index (Phi) is 10.2. The number of carboxylic acids is 1. The number of rotatable bonds is 11. The van der Waals surface area contributed by atoms with Crippen LogP contribution < -0.4 is 4.74 Å². The second kappa shape index (κ2) is 15.4. The molecule has 5 aromatic carbocycles. The van der Waals surface area contributed by atoms with Crippen LogP contribution in [0.25, 0.3) is 44.8 Å². The predicted octanol–water partition coefficient (Wildman–Crippen LogP) is 10.2. The van der Waals surface area contributed by atoms with Gasteiger partial charge >= 0.3 is 12.6 Å². The minimum atomic E-state index is -3.07. The number of oxazole rings is 1. The molecule has 0 unspecified atom stereocenters. The Hall–Kier alpha value is -5.45. The van der Waals surface area contributed by atoms with Crippen LogP contribution in [0.5, 0.6) is 5.75 Å². The second-order valence-corrected chi connectivity index (χ2v) is 14.7. The number of carbonyl (C=O) groups is 1. The van der Waals surface area contributed by atoms with Crippen LogP contribution in [-0.2, 0) is 17.9 Å². The van der Waals surface area contributed by atoms with Crippen molar-refractivity contribution < 1.29 is 32.2 Å². The number of halogens is 3. The molecule has 2 saturated heterocycles. The van der Waals surface area contributed by atoms with Gasteiger partial charge in [0.05, 0.1) is 0 Å². The van der Waals surface area contributed by atoms with E-state index in [9.17, 15) is 18.7 Å². The number of carboxylic acid groups (broad SMARTS) is 1. The van der Waals surface area contributed by atoms with Crippen molar-refractivity contribution in [3.05, 3.63) is 131 Å². The zero-order valence-electron chi connectivity index (χ0n) is 30.8. The summed E-state index contributed by atoms with van der Waals surface area (Å²) in [5.74, 6) is -0.445. The second-order valence-electron chi connectivity index (χ2n) is 14.7. The van der Waals surface area contributed by atoms with E-state index in [1.807, 2.05) is 68.4 Å². The number of benzene rings is 5. The molecule has 7 nitrogen and oxygen atoms in total. The summed E-state index contributed by atoms with van der Waals surface area (Å²) < 4.78 is 53.7. The van der Waals surface area contributed by atoms with Crippen LogP contribution in [-0.4, -0.2) is 58.1 Å². The van der Waals surface area contributed by atoms with E-state index < -0.39 is 18.6 Å². The van der Waals surface area contributed by atoms with Gasteiger partial charge in [-0.15, -0.1) is 0 Å². The van der Waals surface area contributed by atoms with Crippen LogP contribution in [0.15, 0.2) is 101 Å². The summed E-state index contributed by atoms with van der Waals surface area (Å²) in [5.41, 5.74) is 9.47. The van der Waals surface area contributed by atoms with Crippen molar-refractivity contribution in [2.45, 2.75) is 64.8 Å². The van der Waals surface area contributed by atoms with Gasteiger partial charge in [-0.05, 0) is 109 Å². The fourth-order valence-corrected chi connectivity index (χ4v) is 8.41. The first kappa shape index (κ1) is 36.5. The third-order valence-corrected chi connectivity index (χ3v) is 11.3. The lowest BCUT2D eigenvalue weighted by Crippen LogP contribution is -2.35. The van der Waals surface area contributed by atoms with Crippen LogP contribution in [0.3, 0.4) is 0 Å². The van der Waals surface area contributed by atoms with E-state index in [4.69, 9.17) is 14.1 Å². The van der Waals surface area contributed by atoms with E-state index in [0.717, 1.165) is 58.5 Å². The van der Waals surface area contributed by atoms with Gasteiger partial charge in [0.2, 0.25) is 5.89 Å². The Morgan fingerprint density at radius 2 is 1.58 bits per heavy atom. The lowest BCUT2D eigenvalue weighted by Gasteiger charge is -2.22. The fourth-order valence-electron chi connectivity index (χ4n) is 8.41. The Labute approximate surface area is 318 Å². The van der Waals surface area contributed by atoms with Crippen LogP contribution >= 0.6 is 0 Å². The molecule has 1 aromatic heterocycles. The molecule has 0 aliphatic carbocycles. The first-order chi connectivity index (χ1) is 26.6. The number of likely N-dealkylation sites (tertiary alicyclic amines) is 2. The normalized spacial score (nSPS) is 17.8. The summed E-state index contributed by atoms with van der Waals surface area (Å²) in [4.78, 5) is 20.6. The van der Waals surface area contributed by atoms with E-state index in [2.05, 4.69) is 29.2 Å². The molecular formula is C45H42F3N3O4. The van der Waals surface area contributed by atoms with Gasteiger partial charge in [0.15, 0.2) is 5.58 Å². The van der Waals surface area contributed by atoms with E-state index in [0.29, 0.717) is 54.4 Å². The third kappa shape index (κ3) is 7.49. The summed E-state index contributed by atoms with van der Waals surface area (Å²) in [6.07, 6.45) is 2.26.